The summed E-state index contributed by atoms with van der Waals surface area (Å²) in [6.45, 7) is 0.904. The molecule has 0 N–H and O–H groups in total. The van der Waals surface area contributed by atoms with Gasteiger partial charge in [-0.1, -0.05) is 0 Å². The summed E-state index contributed by atoms with van der Waals surface area (Å²) in [5, 5.41) is 0. The van der Waals surface area contributed by atoms with Crippen molar-refractivity contribution >= 4 is 5.97 Å². The molecule has 0 aliphatic rings. The Labute approximate surface area is 104 Å². The van der Waals surface area contributed by atoms with Crippen LogP contribution in [0.3, 0.4) is 0 Å². The summed E-state index contributed by atoms with van der Waals surface area (Å²) in [5.41, 5.74) is -3.14. The molecule has 1 aromatic rings. The van der Waals surface area contributed by atoms with Crippen molar-refractivity contribution in [3.05, 3.63) is 35.1 Å². The Balaban J connectivity index is 3.26. The molecular formula is C11H8F6O2. The number of alkyl halides is 5. The zero-order valence-electron chi connectivity index (χ0n) is 9.52. The van der Waals surface area contributed by atoms with Crippen molar-refractivity contribution in [2.75, 3.05) is 6.61 Å². The van der Waals surface area contributed by atoms with E-state index in [1.807, 2.05) is 0 Å². The number of hydrogen-bond donors (Lipinski definition) is 0. The van der Waals surface area contributed by atoms with Gasteiger partial charge in [-0.25, -0.2) is 9.18 Å². The van der Waals surface area contributed by atoms with Crippen LogP contribution < -0.4 is 0 Å². The van der Waals surface area contributed by atoms with E-state index in [0.717, 1.165) is 0 Å². The minimum Gasteiger partial charge on any atom is -0.461 e. The first kappa shape index (κ1) is 15.3. The van der Waals surface area contributed by atoms with Gasteiger partial charge < -0.3 is 4.74 Å². The largest absolute Gasteiger partial charge is 0.461 e. The first-order chi connectivity index (χ1) is 8.60. The van der Waals surface area contributed by atoms with Gasteiger partial charge in [-0.05, 0) is 25.1 Å². The lowest BCUT2D eigenvalue weighted by molar-refractivity contribution is -0.173. The van der Waals surface area contributed by atoms with E-state index in [1.54, 1.807) is 0 Å². The van der Waals surface area contributed by atoms with Crippen LogP contribution in [0.25, 0.3) is 0 Å². The molecule has 0 saturated heterocycles. The first-order valence-electron chi connectivity index (χ1n) is 5.03. The number of halogens is 6. The van der Waals surface area contributed by atoms with E-state index in [0.29, 0.717) is 6.07 Å². The minimum atomic E-state index is -5.13. The van der Waals surface area contributed by atoms with Crippen molar-refractivity contribution < 1.29 is 35.9 Å². The predicted octanol–water partition coefficient (Wildman–Crippen LogP) is 3.50. The molecule has 0 aliphatic heterocycles. The van der Waals surface area contributed by atoms with Gasteiger partial charge in [0.25, 0.3) is 0 Å². The van der Waals surface area contributed by atoms with E-state index in [4.69, 9.17) is 0 Å². The topological polar surface area (TPSA) is 26.3 Å². The third-order valence-electron chi connectivity index (χ3n) is 2.17. The van der Waals surface area contributed by atoms with Crippen molar-refractivity contribution in [2.24, 2.45) is 0 Å². The summed E-state index contributed by atoms with van der Waals surface area (Å²) < 4.78 is 81.0. The van der Waals surface area contributed by atoms with Crippen molar-refractivity contribution in [1.82, 2.24) is 0 Å². The van der Waals surface area contributed by atoms with E-state index in [2.05, 4.69) is 4.74 Å². The van der Waals surface area contributed by atoms with E-state index in [-0.39, 0.29) is 18.7 Å². The van der Waals surface area contributed by atoms with Crippen LogP contribution in [0.2, 0.25) is 0 Å². The molecule has 2 nitrogen and oxygen atoms in total. The van der Waals surface area contributed by atoms with Crippen LogP contribution in [-0.4, -0.2) is 12.6 Å². The lowest BCUT2D eigenvalue weighted by atomic mass is 10.0. The Morgan fingerprint density at radius 1 is 1.21 bits per heavy atom. The highest BCUT2D eigenvalue weighted by atomic mass is 19.4. The zero-order chi connectivity index (χ0) is 14.8. The summed E-state index contributed by atoms with van der Waals surface area (Å²) in [6, 6.07) is 0.527. The molecular weight excluding hydrogens is 278 g/mol. The summed E-state index contributed by atoms with van der Waals surface area (Å²) in [4.78, 5) is 11.0. The Hall–Kier alpha value is -1.73. The lowest BCUT2D eigenvalue weighted by Gasteiger charge is -2.16. The molecule has 0 aliphatic carbocycles. The second-order valence-corrected chi connectivity index (χ2v) is 3.49. The fraction of sp³-hybridized carbons (Fsp3) is 0.364. The monoisotopic (exact) mass is 286 g/mol. The first-order valence-corrected chi connectivity index (χ1v) is 5.03. The van der Waals surface area contributed by atoms with Gasteiger partial charge in [0.05, 0.1) is 12.2 Å². The summed E-state index contributed by atoms with van der Waals surface area (Å²) in [7, 11) is 0. The Kier molecular flexibility index (Phi) is 4.12. The number of carbonyl (C=O) groups is 1. The van der Waals surface area contributed by atoms with Gasteiger partial charge in [-0.3, -0.25) is 0 Å². The van der Waals surface area contributed by atoms with Crippen molar-refractivity contribution in [1.29, 1.82) is 0 Å². The number of benzene rings is 1. The fourth-order valence-corrected chi connectivity index (χ4v) is 1.28. The highest BCUT2D eigenvalue weighted by molar-refractivity contribution is 5.79. The van der Waals surface area contributed by atoms with E-state index >= 15 is 0 Å². The summed E-state index contributed by atoms with van der Waals surface area (Å²) in [5.74, 6) is -7.96. The Morgan fingerprint density at radius 2 is 1.79 bits per heavy atom. The number of carbonyl (C=O) groups excluding carboxylic acids is 1. The van der Waals surface area contributed by atoms with Gasteiger partial charge in [-0.2, -0.15) is 22.0 Å². The summed E-state index contributed by atoms with van der Waals surface area (Å²) in [6.07, 6.45) is -5.13. The maximum Gasteiger partial charge on any atom is 0.419 e. The van der Waals surface area contributed by atoms with Gasteiger partial charge in [0.2, 0.25) is 0 Å². The molecule has 0 fully saturated rings. The average Bonchev–Trinajstić information content (AvgIpc) is 2.28. The maximum atomic E-state index is 13.5. The van der Waals surface area contributed by atoms with Crippen LogP contribution in [0, 0.1) is 5.82 Å². The molecule has 1 rings (SSSR count). The third-order valence-corrected chi connectivity index (χ3v) is 2.17. The van der Waals surface area contributed by atoms with Gasteiger partial charge in [0.1, 0.15) is 5.82 Å². The summed E-state index contributed by atoms with van der Waals surface area (Å²) >= 11 is 0. The van der Waals surface area contributed by atoms with E-state index < -0.39 is 35.0 Å². The zero-order valence-corrected chi connectivity index (χ0v) is 9.52. The molecule has 106 valence electrons. The average molecular weight is 286 g/mol. The normalized spacial score (nSPS) is 12.4. The van der Waals surface area contributed by atoms with Crippen molar-refractivity contribution in [3.63, 3.8) is 0 Å². The highest BCUT2D eigenvalue weighted by Gasteiger charge is 2.45. The van der Waals surface area contributed by atoms with Crippen molar-refractivity contribution in [2.45, 2.75) is 19.0 Å². The van der Waals surface area contributed by atoms with E-state index in [1.165, 1.54) is 6.92 Å². The molecule has 0 aromatic heterocycles. The van der Waals surface area contributed by atoms with Crippen LogP contribution >= 0.6 is 0 Å². The molecule has 0 bridgehead atoms. The number of ether oxygens (including phenoxy) is 1. The van der Waals surface area contributed by atoms with E-state index in [9.17, 15) is 31.1 Å². The highest BCUT2D eigenvalue weighted by Crippen LogP contribution is 2.36. The molecule has 1 aromatic carbocycles. The molecule has 0 radical (unpaired) electrons. The number of esters is 1. The molecule has 0 spiro atoms. The number of rotatable bonds is 3. The molecule has 0 saturated carbocycles. The van der Waals surface area contributed by atoms with Crippen LogP contribution in [-0.2, 0) is 21.6 Å². The third kappa shape index (κ3) is 3.18. The second-order valence-electron chi connectivity index (χ2n) is 3.49. The van der Waals surface area contributed by atoms with Gasteiger partial charge >= 0.3 is 18.1 Å². The number of hydrogen-bond acceptors (Lipinski definition) is 2. The molecule has 8 heteroatoms. The van der Waals surface area contributed by atoms with Gasteiger partial charge in [0, 0.05) is 5.56 Å². The molecule has 0 heterocycles. The lowest BCUT2D eigenvalue weighted by Crippen LogP contribution is -2.29. The smallest absolute Gasteiger partial charge is 0.419 e. The van der Waals surface area contributed by atoms with Crippen LogP contribution in [0.15, 0.2) is 18.2 Å². The molecule has 0 atom stereocenters. The fourth-order valence-electron chi connectivity index (χ4n) is 1.28. The van der Waals surface area contributed by atoms with Gasteiger partial charge in [-0.15, -0.1) is 0 Å². The van der Waals surface area contributed by atoms with Crippen LogP contribution in [0.1, 0.15) is 18.1 Å². The van der Waals surface area contributed by atoms with Crippen LogP contribution in [0.5, 0.6) is 0 Å². The van der Waals surface area contributed by atoms with Gasteiger partial charge in [0.15, 0.2) is 0 Å². The quantitative estimate of drug-likeness (QED) is 0.628. The SMILES string of the molecule is CCOC(=O)C(F)(F)c1ccc(F)c(C(F)(F)F)c1. The van der Waals surface area contributed by atoms with Crippen molar-refractivity contribution in [3.8, 4) is 0 Å². The maximum absolute atomic E-state index is 13.5. The molecule has 0 amide bonds. The minimum absolute atomic E-state index is 0.105. The second kappa shape index (κ2) is 5.10. The Bertz CT molecular complexity index is 481. The van der Waals surface area contributed by atoms with Crippen LogP contribution in [0.4, 0.5) is 26.3 Å². The predicted molar refractivity (Wildman–Crippen MR) is 51.9 cm³/mol. The Morgan fingerprint density at radius 3 is 2.26 bits per heavy atom. The standard InChI is InChI=1S/C11H8F6O2/c1-2-19-9(18)10(13,14)6-3-4-8(12)7(5-6)11(15,16)17/h3-5H,2H2,1H3. The molecule has 0 unspecified atom stereocenters. The molecule has 19 heavy (non-hydrogen) atoms.